The summed E-state index contributed by atoms with van der Waals surface area (Å²) in [6.45, 7) is 7.00. The molecular formula is C10H18N4S2. The van der Waals surface area contributed by atoms with Gasteiger partial charge in [0.2, 0.25) is 0 Å². The number of nitrogens with zero attached hydrogens (tertiary/aromatic N) is 4. The predicted octanol–water partition coefficient (Wildman–Crippen LogP) is 2.76. The lowest BCUT2D eigenvalue weighted by Gasteiger charge is -1.94. The van der Waals surface area contributed by atoms with Crippen LogP contribution in [0.4, 0.5) is 0 Å². The van der Waals surface area contributed by atoms with E-state index in [1.54, 1.807) is 21.6 Å². The maximum atomic E-state index is 4.02. The Bertz CT molecular complexity index is 238. The van der Waals surface area contributed by atoms with Crippen LogP contribution in [0.3, 0.4) is 0 Å². The van der Waals surface area contributed by atoms with Crippen LogP contribution in [-0.4, -0.2) is 49.7 Å². The number of hydrogen-bond donors (Lipinski definition) is 0. The highest BCUT2D eigenvalue weighted by atomic mass is 33.1. The lowest BCUT2D eigenvalue weighted by molar-refractivity contribution is 1.11. The molecule has 0 aliphatic carbocycles. The zero-order valence-electron chi connectivity index (χ0n) is 9.85. The average molecular weight is 258 g/mol. The summed E-state index contributed by atoms with van der Waals surface area (Å²) in [5.41, 5.74) is 0. The van der Waals surface area contributed by atoms with Crippen molar-refractivity contribution in [3.05, 3.63) is 0 Å². The molecular weight excluding hydrogens is 240 g/mol. The molecule has 0 bridgehead atoms. The van der Waals surface area contributed by atoms with Crippen LogP contribution in [0.5, 0.6) is 0 Å². The average Bonchev–Trinajstić information content (AvgIpc) is 2.31. The van der Waals surface area contributed by atoms with E-state index in [-0.39, 0.29) is 0 Å². The molecule has 0 saturated carbocycles. The van der Waals surface area contributed by atoms with E-state index in [4.69, 9.17) is 0 Å². The highest BCUT2D eigenvalue weighted by molar-refractivity contribution is 8.76. The Morgan fingerprint density at radius 1 is 0.750 bits per heavy atom. The molecule has 16 heavy (non-hydrogen) atoms. The summed E-state index contributed by atoms with van der Waals surface area (Å²) in [5.74, 6) is 1.98. The van der Waals surface area contributed by atoms with Gasteiger partial charge >= 0.3 is 0 Å². The molecule has 0 radical (unpaired) electrons. The van der Waals surface area contributed by atoms with Crippen molar-refractivity contribution in [3.63, 3.8) is 0 Å². The summed E-state index contributed by atoms with van der Waals surface area (Å²) in [5, 5.41) is 0. The molecule has 0 atom stereocenters. The third-order valence-electron chi connectivity index (χ3n) is 1.26. The minimum absolute atomic E-state index is 0.753. The van der Waals surface area contributed by atoms with Crippen molar-refractivity contribution in [1.82, 2.24) is 0 Å². The van der Waals surface area contributed by atoms with Crippen molar-refractivity contribution in [2.24, 2.45) is 20.0 Å². The van der Waals surface area contributed by atoms with Crippen LogP contribution < -0.4 is 0 Å². The molecule has 0 aliphatic heterocycles. The first-order chi connectivity index (χ1) is 7.91. The van der Waals surface area contributed by atoms with Gasteiger partial charge in [-0.3, -0.25) is 0 Å². The van der Waals surface area contributed by atoms with Gasteiger partial charge in [0.1, 0.15) is 0 Å². The summed E-state index contributed by atoms with van der Waals surface area (Å²) in [4.78, 5) is 15.8. The topological polar surface area (TPSA) is 49.4 Å². The highest BCUT2D eigenvalue weighted by Gasteiger charge is 1.88. The Kier molecular flexibility index (Phi) is 14.0. The van der Waals surface area contributed by atoms with Gasteiger partial charge in [-0.15, -0.1) is 0 Å². The fourth-order valence-electron chi connectivity index (χ4n) is 0.625. The van der Waals surface area contributed by atoms with Crippen molar-refractivity contribution in [3.8, 4) is 0 Å². The molecule has 0 amide bonds. The van der Waals surface area contributed by atoms with Crippen LogP contribution in [0.1, 0.15) is 13.8 Å². The van der Waals surface area contributed by atoms with E-state index < -0.39 is 0 Å². The largest absolute Gasteiger partial charge is 0.226 e. The van der Waals surface area contributed by atoms with Crippen molar-refractivity contribution >= 4 is 33.6 Å². The molecule has 0 saturated heterocycles. The van der Waals surface area contributed by atoms with Crippen molar-refractivity contribution in [2.45, 2.75) is 13.8 Å². The summed E-state index contributed by atoms with van der Waals surface area (Å²) >= 11 is 0. The number of hydrogen-bond acceptors (Lipinski definition) is 6. The highest BCUT2D eigenvalue weighted by Crippen LogP contribution is 2.19. The molecule has 0 aromatic carbocycles. The van der Waals surface area contributed by atoms with Gasteiger partial charge in [0.25, 0.3) is 0 Å². The van der Waals surface area contributed by atoms with Crippen LogP contribution >= 0.6 is 21.6 Å². The van der Waals surface area contributed by atoms with Gasteiger partial charge in [-0.2, -0.15) is 0 Å². The first-order valence-corrected chi connectivity index (χ1v) is 7.81. The first-order valence-electron chi connectivity index (χ1n) is 5.32. The first kappa shape index (κ1) is 15.5. The molecule has 0 aliphatic rings. The molecule has 90 valence electrons. The zero-order valence-corrected chi connectivity index (χ0v) is 11.5. The van der Waals surface area contributed by atoms with E-state index in [0.29, 0.717) is 0 Å². The molecule has 0 spiro atoms. The van der Waals surface area contributed by atoms with Crippen molar-refractivity contribution in [1.29, 1.82) is 0 Å². The summed E-state index contributed by atoms with van der Waals surface area (Å²) in [6.07, 6.45) is 0. The second kappa shape index (κ2) is 14.5. The quantitative estimate of drug-likeness (QED) is 0.363. The summed E-state index contributed by atoms with van der Waals surface area (Å²) in [6, 6.07) is 5.29. The van der Waals surface area contributed by atoms with Gasteiger partial charge in [0, 0.05) is 24.6 Å². The molecule has 0 aromatic heterocycles. The Hall–Kier alpha value is -0.540. The fourth-order valence-corrected chi connectivity index (χ4v) is 2.35. The molecule has 0 rings (SSSR count). The van der Waals surface area contributed by atoms with E-state index in [0.717, 1.165) is 37.7 Å². The van der Waals surface area contributed by atoms with Gasteiger partial charge in [0.15, 0.2) is 0 Å². The molecule has 0 aromatic rings. The van der Waals surface area contributed by atoms with Gasteiger partial charge < -0.3 is 0 Å². The van der Waals surface area contributed by atoms with Gasteiger partial charge in [0.05, 0.1) is 25.1 Å². The smallest absolute Gasteiger partial charge is 0.0892 e. The lowest BCUT2D eigenvalue weighted by Crippen LogP contribution is -1.85. The second-order valence-corrected chi connectivity index (χ2v) is 5.26. The SMILES string of the molecule is CCN=C=NCCSSCCN=C=NCC. The Balaban J connectivity index is 3.22. The van der Waals surface area contributed by atoms with E-state index >= 15 is 0 Å². The van der Waals surface area contributed by atoms with Crippen molar-refractivity contribution in [2.75, 3.05) is 37.7 Å². The van der Waals surface area contributed by atoms with Crippen LogP contribution in [0.2, 0.25) is 0 Å². The number of aliphatic imine (C=N–C) groups is 4. The minimum Gasteiger partial charge on any atom is -0.226 e. The molecule has 0 N–H and O–H groups in total. The van der Waals surface area contributed by atoms with Gasteiger partial charge in [-0.25, -0.2) is 20.0 Å². The van der Waals surface area contributed by atoms with E-state index in [9.17, 15) is 0 Å². The van der Waals surface area contributed by atoms with E-state index in [1.165, 1.54) is 0 Å². The van der Waals surface area contributed by atoms with E-state index in [1.807, 2.05) is 13.8 Å². The molecule has 6 heteroatoms. The molecule has 0 heterocycles. The van der Waals surface area contributed by atoms with Gasteiger partial charge in [-0.05, 0) is 13.8 Å². The fraction of sp³-hybridized carbons (Fsp3) is 0.800. The maximum Gasteiger partial charge on any atom is 0.0892 e. The standard InChI is InChI=1S/C10H18N4S2/c1-3-11-9-13-5-7-15-16-8-6-14-10-12-4-2/h3-8H2,1-2H3. The zero-order chi connectivity index (χ0) is 11.9. The molecule has 0 unspecified atom stereocenters. The normalized spacial score (nSPS) is 8.88. The second-order valence-electron chi connectivity index (χ2n) is 2.56. The van der Waals surface area contributed by atoms with Crippen LogP contribution in [-0.2, 0) is 0 Å². The predicted molar refractivity (Wildman–Crippen MR) is 75.5 cm³/mol. The maximum absolute atomic E-state index is 4.02. The Labute approximate surface area is 105 Å². The van der Waals surface area contributed by atoms with Crippen LogP contribution in [0.25, 0.3) is 0 Å². The molecule has 0 fully saturated rings. The van der Waals surface area contributed by atoms with E-state index in [2.05, 4.69) is 32.0 Å². The van der Waals surface area contributed by atoms with Crippen LogP contribution in [0.15, 0.2) is 20.0 Å². The molecule has 4 nitrogen and oxygen atoms in total. The van der Waals surface area contributed by atoms with Crippen LogP contribution in [0, 0.1) is 0 Å². The minimum atomic E-state index is 0.753. The van der Waals surface area contributed by atoms with Gasteiger partial charge in [-0.1, -0.05) is 21.6 Å². The third-order valence-corrected chi connectivity index (χ3v) is 3.62. The lowest BCUT2D eigenvalue weighted by atomic mass is 10.8. The summed E-state index contributed by atoms with van der Waals surface area (Å²) < 4.78 is 0. The monoisotopic (exact) mass is 258 g/mol. The van der Waals surface area contributed by atoms with Crippen molar-refractivity contribution < 1.29 is 0 Å². The number of rotatable bonds is 9. The Morgan fingerprint density at radius 2 is 1.19 bits per heavy atom. The Morgan fingerprint density at radius 3 is 1.56 bits per heavy atom. The third kappa shape index (κ3) is 13.5. The summed E-state index contributed by atoms with van der Waals surface area (Å²) in [7, 11) is 3.60.